The molecule has 1 aliphatic carbocycles. The number of nitrogens with zero attached hydrogens (tertiary/aromatic N) is 5. The molecule has 158 valence electrons. The molecule has 1 N–H and O–H groups in total. The summed E-state index contributed by atoms with van der Waals surface area (Å²) in [5.41, 5.74) is 0.132. The van der Waals surface area contributed by atoms with E-state index in [-0.39, 0.29) is 34.9 Å². The number of carbonyl (C=O) groups excluding carboxylic acids is 1. The topological polar surface area (TPSA) is 83.9 Å². The fraction of sp³-hybridized carbons (Fsp3) is 0.286. The Morgan fingerprint density at radius 2 is 1.87 bits per heavy atom. The van der Waals surface area contributed by atoms with Crippen molar-refractivity contribution in [1.29, 1.82) is 0 Å². The van der Waals surface area contributed by atoms with Crippen molar-refractivity contribution in [2.24, 2.45) is 5.92 Å². The van der Waals surface area contributed by atoms with Gasteiger partial charge in [0.05, 0.1) is 42.0 Å². The average molecular weight is 443 g/mol. The van der Waals surface area contributed by atoms with E-state index in [9.17, 15) is 13.6 Å². The standard InChI is InChI=1S/C21H17ClF2N6O/c22-17-8-26-18(9-25-17)29-15-4-11-5-16(15)30(10-11)21(31)13-2-1-3-14(24)19(13)20-27-6-12(23)7-28-20/h1-3,6-9,11,15-16H,4-5,10H2,(H,26,29). The third kappa shape index (κ3) is 3.69. The molecule has 1 saturated heterocycles. The third-order valence-corrected chi connectivity index (χ3v) is 5.98. The van der Waals surface area contributed by atoms with Crippen LogP contribution in [-0.2, 0) is 0 Å². The van der Waals surface area contributed by atoms with Crippen molar-refractivity contribution in [3.8, 4) is 11.4 Å². The lowest BCUT2D eigenvalue weighted by Gasteiger charge is -2.34. The summed E-state index contributed by atoms with van der Waals surface area (Å²) in [6, 6.07) is 4.19. The first-order valence-electron chi connectivity index (χ1n) is 9.81. The van der Waals surface area contributed by atoms with Gasteiger partial charge in [-0.3, -0.25) is 4.79 Å². The first-order valence-corrected chi connectivity index (χ1v) is 10.2. The van der Waals surface area contributed by atoms with E-state index in [1.807, 2.05) is 0 Å². The van der Waals surface area contributed by atoms with Gasteiger partial charge in [0.2, 0.25) is 0 Å². The van der Waals surface area contributed by atoms with Crippen LogP contribution in [0.25, 0.3) is 11.4 Å². The van der Waals surface area contributed by atoms with Crippen LogP contribution in [0.3, 0.4) is 0 Å². The van der Waals surface area contributed by atoms with Gasteiger partial charge in [-0.2, -0.15) is 0 Å². The molecule has 2 aliphatic rings. The molecule has 1 aliphatic heterocycles. The van der Waals surface area contributed by atoms with Crippen LogP contribution in [-0.4, -0.2) is 49.4 Å². The van der Waals surface area contributed by atoms with E-state index in [0.29, 0.717) is 23.4 Å². The second kappa shape index (κ2) is 7.81. The van der Waals surface area contributed by atoms with Crippen molar-refractivity contribution in [2.75, 3.05) is 11.9 Å². The maximum absolute atomic E-state index is 14.7. The molecule has 1 aromatic carbocycles. The van der Waals surface area contributed by atoms with E-state index in [4.69, 9.17) is 11.6 Å². The van der Waals surface area contributed by atoms with Gasteiger partial charge in [0.1, 0.15) is 16.8 Å². The van der Waals surface area contributed by atoms with Crippen LogP contribution in [0.15, 0.2) is 43.0 Å². The van der Waals surface area contributed by atoms with Gasteiger partial charge in [0.15, 0.2) is 11.6 Å². The molecule has 10 heteroatoms. The van der Waals surface area contributed by atoms with Crippen LogP contribution in [0.2, 0.25) is 5.15 Å². The number of amides is 1. The summed E-state index contributed by atoms with van der Waals surface area (Å²) in [6.45, 7) is 0.591. The van der Waals surface area contributed by atoms with Crippen LogP contribution >= 0.6 is 11.6 Å². The highest BCUT2D eigenvalue weighted by molar-refractivity contribution is 6.29. The van der Waals surface area contributed by atoms with Crippen LogP contribution in [0.4, 0.5) is 14.6 Å². The molecule has 2 aromatic heterocycles. The molecule has 0 radical (unpaired) electrons. The Morgan fingerprint density at radius 3 is 2.58 bits per heavy atom. The molecule has 2 fully saturated rings. The number of halogens is 3. The summed E-state index contributed by atoms with van der Waals surface area (Å²) >= 11 is 5.79. The third-order valence-electron chi connectivity index (χ3n) is 5.78. The molecule has 31 heavy (non-hydrogen) atoms. The predicted octanol–water partition coefficient (Wildman–Crippen LogP) is 3.58. The first kappa shape index (κ1) is 19.7. The molecule has 3 heterocycles. The number of nitrogens with one attached hydrogen (secondary N) is 1. The molecule has 3 atom stereocenters. The van der Waals surface area contributed by atoms with Crippen LogP contribution in [0, 0.1) is 17.6 Å². The van der Waals surface area contributed by atoms with Crippen molar-refractivity contribution in [1.82, 2.24) is 24.8 Å². The minimum Gasteiger partial charge on any atom is -0.364 e. The molecule has 3 unspecified atom stereocenters. The van der Waals surface area contributed by atoms with Gasteiger partial charge in [0, 0.05) is 12.6 Å². The summed E-state index contributed by atoms with van der Waals surface area (Å²) in [4.78, 5) is 31.2. The normalized spacial score (nSPS) is 22.0. The van der Waals surface area contributed by atoms with Crippen LogP contribution < -0.4 is 5.32 Å². The number of aromatic nitrogens is 4. The van der Waals surface area contributed by atoms with E-state index in [0.717, 1.165) is 25.2 Å². The number of carbonyl (C=O) groups is 1. The summed E-state index contributed by atoms with van der Waals surface area (Å²) in [5.74, 6) is -0.676. The molecule has 0 spiro atoms. The minimum absolute atomic E-state index is 0.00254. The molecule has 3 aromatic rings. The summed E-state index contributed by atoms with van der Waals surface area (Å²) in [6.07, 6.45) is 6.67. The Hall–Kier alpha value is -3.20. The van der Waals surface area contributed by atoms with E-state index >= 15 is 0 Å². The lowest BCUT2D eigenvalue weighted by molar-refractivity contribution is 0.0692. The highest BCUT2D eigenvalue weighted by Gasteiger charge is 2.47. The molecular formula is C21H17ClF2N6O. The smallest absolute Gasteiger partial charge is 0.255 e. The number of likely N-dealkylation sites (tertiary alicyclic amines) is 1. The number of rotatable bonds is 4. The Balaban J connectivity index is 1.42. The Kier molecular flexibility index (Phi) is 4.97. The van der Waals surface area contributed by atoms with E-state index in [1.54, 1.807) is 17.2 Å². The van der Waals surface area contributed by atoms with E-state index in [2.05, 4.69) is 25.3 Å². The molecule has 1 amide bonds. The first-order chi connectivity index (χ1) is 15.0. The highest BCUT2D eigenvalue weighted by atomic mass is 35.5. The predicted molar refractivity (Wildman–Crippen MR) is 109 cm³/mol. The zero-order valence-electron chi connectivity index (χ0n) is 16.2. The van der Waals surface area contributed by atoms with Crippen molar-refractivity contribution >= 4 is 23.3 Å². The maximum Gasteiger partial charge on any atom is 0.255 e. The second-order valence-corrected chi connectivity index (χ2v) is 8.11. The van der Waals surface area contributed by atoms with E-state index in [1.165, 1.54) is 18.3 Å². The van der Waals surface area contributed by atoms with Gasteiger partial charge in [-0.25, -0.2) is 28.7 Å². The molecular weight excluding hydrogens is 426 g/mol. The quantitative estimate of drug-likeness (QED) is 0.665. The molecule has 7 nitrogen and oxygen atoms in total. The Labute approximate surface area is 181 Å². The van der Waals surface area contributed by atoms with E-state index < -0.39 is 11.6 Å². The SMILES string of the molecule is O=C(c1cccc(F)c1-c1ncc(F)cn1)N1CC2CC(Nc3cnc(Cl)cn3)C1C2. The number of hydrogen-bond donors (Lipinski definition) is 1. The fourth-order valence-corrected chi connectivity index (χ4v) is 4.61. The van der Waals surface area contributed by atoms with Crippen LogP contribution in [0.1, 0.15) is 23.2 Å². The zero-order valence-corrected chi connectivity index (χ0v) is 16.9. The number of fused-ring (bicyclic) bond motifs is 2. The number of piperidine rings is 1. The lowest BCUT2D eigenvalue weighted by atomic mass is 10.0. The number of benzene rings is 1. The van der Waals surface area contributed by atoms with Gasteiger partial charge in [-0.05, 0) is 30.9 Å². The van der Waals surface area contributed by atoms with Gasteiger partial charge >= 0.3 is 0 Å². The Morgan fingerprint density at radius 1 is 1.06 bits per heavy atom. The largest absolute Gasteiger partial charge is 0.364 e. The van der Waals surface area contributed by atoms with Gasteiger partial charge < -0.3 is 10.2 Å². The summed E-state index contributed by atoms with van der Waals surface area (Å²) in [7, 11) is 0. The lowest BCUT2D eigenvalue weighted by Crippen LogP contribution is -2.48. The highest BCUT2D eigenvalue weighted by Crippen LogP contribution is 2.40. The molecule has 5 rings (SSSR count). The van der Waals surface area contributed by atoms with Crippen molar-refractivity contribution < 1.29 is 13.6 Å². The van der Waals surface area contributed by atoms with Gasteiger partial charge in [0.25, 0.3) is 5.91 Å². The Bertz CT molecular complexity index is 1130. The van der Waals surface area contributed by atoms with Gasteiger partial charge in [-0.15, -0.1) is 0 Å². The fourth-order valence-electron chi connectivity index (χ4n) is 4.52. The minimum atomic E-state index is -0.635. The van der Waals surface area contributed by atoms with Crippen molar-refractivity contribution in [2.45, 2.75) is 24.9 Å². The van der Waals surface area contributed by atoms with Gasteiger partial charge in [-0.1, -0.05) is 17.7 Å². The van der Waals surface area contributed by atoms with Crippen LogP contribution in [0.5, 0.6) is 0 Å². The zero-order chi connectivity index (χ0) is 21.5. The number of anilines is 1. The molecule has 2 bridgehead atoms. The average Bonchev–Trinajstić information content (AvgIpc) is 3.36. The van der Waals surface area contributed by atoms with Crippen molar-refractivity contribution in [3.63, 3.8) is 0 Å². The summed E-state index contributed by atoms with van der Waals surface area (Å²) < 4.78 is 27.9. The number of hydrogen-bond acceptors (Lipinski definition) is 6. The maximum atomic E-state index is 14.7. The monoisotopic (exact) mass is 442 g/mol. The molecule has 1 saturated carbocycles. The summed E-state index contributed by atoms with van der Waals surface area (Å²) in [5, 5.41) is 3.64. The second-order valence-electron chi connectivity index (χ2n) is 7.72. The van der Waals surface area contributed by atoms with Crippen molar-refractivity contribution in [3.05, 3.63) is 65.3 Å².